The Bertz CT molecular complexity index is 483. The predicted molar refractivity (Wildman–Crippen MR) is 75.4 cm³/mol. The van der Waals surface area contributed by atoms with Crippen LogP contribution in [0.15, 0.2) is 34.5 Å². The lowest BCUT2D eigenvalue weighted by atomic mass is 9.83. The molecule has 0 spiro atoms. The van der Waals surface area contributed by atoms with E-state index in [1.807, 2.05) is 24.3 Å². The molecule has 0 saturated heterocycles. The van der Waals surface area contributed by atoms with Crippen molar-refractivity contribution in [3.63, 3.8) is 0 Å². The van der Waals surface area contributed by atoms with Crippen molar-refractivity contribution in [3.05, 3.63) is 40.3 Å². The van der Waals surface area contributed by atoms with Crippen molar-refractivity contribution in [2.24, 2.45) is 16.2 Å². The van der Waals surface area contributed by atoms with Crippen molar-refractivity contribution < 1.29 is 4.84 Å². The average molecular weight is 258 g/mol. The first kappa shape index (κ1) is 13.4. The monoisotopic (exact) mass is 258 g/mol. The molecule has 1 aliphatic rings. The summed E-state index contributed by atoms with van der Waals surface area (Å²) in [5, 5.41) is 7.78. The Morgan fingerprint density at radius 1 is 1.21 bits per heavy atom. The van der Waals surface area contributed by atoms with Crippen LogP contribution in [0.2, 0.25) is 0 Å². The number of oxime groups is 1. The highest BCUT2D eigenvalue weighted by atomic mass is 16.6. The molecule has 0 aliphatic heterocycles. The zero-order valence-electron chi connectivity index (χ0n) is 11.1. The summed E-state index contributed by atoms with van der Waals surface area (Å²) in [6.45, 7) is 0. The molecular weight excluding hydrogens is 240 g/mol. The molecule has 2 rings (SSSR count). The van der Waals surface area contributed by atoms with Crippen LogP contribution < -0.4 is 0 Å². The Kier molecular flexibility index (Phi) is 4.81. The Morgan fingerprint density at radius 3 is 2.47 bits per heavy atom. The Labute approximate surface area is 112 Å². The van der Waals surface area contributed by atoms with E-state index in [0.717, 1.165) is 11.3 Å². The smallest absolute Gasteiger partial charge is 0.106 e. The fourth-order valence-electron chi connectivity index (χ4n) is 2.59. The molecule has 0 unspecified atom stereocenters. The van der Waals surface area contributed by atoms with E-state index in [4.69, 9.17) is 10.4 Å². The van der Waals surface area contributed by atoms with Crippen LogP contribution in [0.25, 0.3) is 10.4 Å². The molecule has 1 fully saturated rings. The number of rotatable bonds is 4. The molecule has 1 aliphatic carbocycles. The fourth-order valence-corrected chi connectivity index (χ4v) is 2.59. The van der Waals surface area contributed by atoms with Crippen LogP contribution >= 0.6 is 0 Å². The summed E-state index contributed by atoms with van der Waals surface area (Å²) in [7, 11) is 1.58. The lowest BCUT2D eigenvalue weighted by Crippen LogP contribution is -2.19. The van der Waals surface area contributed by atoms with Gasteiger partial charge in [0.1, 0.15) is 7.11 Å². The first-order chi connectivity index (χ1) is 9.35. The SMILES string of the molecule is CO/N=C(/c1ccc(N=[N+]=[N-])cc1)C1CCCCC1. The van der Waals surface area contributed by atoms with Gasteiger partial charge in [-0.05, 0) is 23.9 Å². The molecule has 0 bridgehead atoms. The third kappa shape index (κ3) is 3.48. The van der Waals surface area contributed by atoms with Gasteiger partial charge in [0.2, 0.25) is 0 Å². The lowest BCUT2D eigenvalue weighted by molar-refractivity contribution is 0.210. The fraction of sp³-hybridized carbons (Fsp3) is 0.500. The van der Waals surface area contributed by atoms with Crippen LogP contribution in [-0.4, -0.2) is 12.8 Å². The van der Waals surface area contributed by atoms with E-state index < -0.39 is 0 Å². The number of benzene rings is 1. The summed E-state index contributed by atoms with van der Waals surface area (Å²) in [5.74, 6) is 0.471. The number of nitrogens with zero attached hydrogens (tertiary/aromatic N) is 4. The van der Waals surface area contributed by atoms with Crippen molar-refractivity contribution in [1.82, 2.24) is 0 Å². The van der Waals surface area contributed by atoms with Gasteiger partial charge < -0.3 is 4.84 Å². The van der Waals surface area contributed by atoms with Crippen LogP contribution in [-0.2, 0) is 4.84 Å². The quantitative estimate of drug-likeness (QED) is 0.256. The first-order valence-electron chi connectivity index (χ1n) is 6.61. The van der Waals surface area contributed by atoms with Gasteiger partial charge in [0.15, 0.2) is 0 Å². The molecule has 5 heteroatoms. The normalized spacial score (nSPS) is 16.8. The highest BCUT2D eigenvalue weighted by Crippen LogP contribution is 2.28. The molecule has 0 aromatic heterocycles. The van der Waals surface area contributed by atoms with Gasteiger partial charge in [-0.25, -0.2) is 0 Å². The minimum atomic E-state index is 0.471. The second-order valence-corrected chi connectivity index (χ2v) is 4.73. The molecule has 19 heavy (non-hydrogen) atoms. The molecule has 1 saturated carbocycles. The molecule has 100 valence electrons. The Morgan fingerprint density at radius 2 is 1.89 bits per heavy atom. The first-order valence-corrected chi connectivity index (χ1v) is 6.61. The summed E-state index contributed by atoms with van der Waals surface area (Å²) < 4.78 is 0. The second kappa shape index (κ2) is 6.81. The minimum Gasteiger partial charge on any atom is -0.399 e. The summed E-state index contributed by atoms with van der Waals surface area (Å²) in [4.78, 5) is 7.77. The average Bonchev–Trinajstić information content (AvgIpc) is 2.47. The molecule has 1 aromatic carbocycles. The Balaban J connectivity index is 2.23. The van der Waals surface area contributed by atoms with Gasteiger partial charge >= 0.3 is 0 Å². The predicted octanol–water partition coefficient (Wildman–Crippen LogP) is 4.56. The number of hydrogen-bond donors (Lipinski definition) is 0. The number of hydrogen-bond acceptors (Lipinski definition) is 3. The van der Waals surface area contributed by atoms with Gasteiger partial charge in [-0.15, -0.1) is 0 Å². The standard InChI is InChI=1S/C14H18N4O/c1-19-17-14(11-5-3-2-4-6-11)12-7-9-13(10-8-12)16-18-15/h7-11H,2-6H2,1H3/b17-14+. The van der Waals surface area contributed by atoms with Crippen molar-refractivity contribution in [2.75, 3.05) is 7.11 Å². The third-order valence-corrected chi connectivity index (χ3v) is 3.50. The van der Waals surface area contributed by atoms with Crippen molar-refractivity contribution in [1.29, 1.82) is 0 Å². The van der Waals surface area contributed by atoms with Crippen molar-refractivity contribution >= 4 is 11.4 Å². The number of azide groups is 1. The largest absolute Gasteiger partial charge is 0.399 e. The lowest BCUT2D eigenvalue weighted by Gasteiger charge is -2.23. The van der Waals surface area contributed by atoms with Crippen LogP contribution in [0.5, 0.6) is 0 Å². The third-order valence-electron chi connectivity index (χ3n) is 3.50. The summed E-state index contributed by atoms with van der Waals surface area (Å²) >= 11 is 0. The van der Waals surface area contributed by atoms with Crippen LogP contribution in [0, 0.1) is 5.92 Å². The van der Waals surface area contributed by atoms with E-state index in [9.17, 15) is 0 Å². The maximum atomic E-state index is 8.40. The van der Waals surface area contributed by atoms with Crippen LogP contribution in [0.3, 0.4) is 0 Å². The zero-order valence-corrected chi connectivity index (χ0v) is 11.1. The van der Waals surface area contributed by atoms with E-state index in [-0.39, 0.29) is 0 Å². The van der Waals surface area contributed by atoms with Gasteiger partial charge in [-0.1, -0.05) is 53.8 Å². The van der Waals surface area contributed by atoms with Gasteiger partial charge in [-0.3, -0.25) is 0 Å². The maximum absolute atomic E-state index is 8.40. The molecule has 0 radical (unpaired) electrons. The summed E-state index contributed by atoms with van der Waals surface area (Å²) in [5.41, 5.74) is 11.1. The minimum absolute atomic E-state index is 0.471. The van der Waals surface area contributed by atoms with Crippen LogP contribution in [0.4, 0.5) is 5.69 Å². The highest BCUT2D eigenvalue weighted by Gasteiger charge is 2.21. The van der Waals surface area contributed by atoms with E-state index in [1.165, 1.54) is 32.1 Å². The topological polar surface area (TPSA) is 70.4 Å². The van der Waals surface area contributed by atoms with Gasteiger partial charge in [0.05, 0.1) is 5.71 Å². The van der Waals surface area contributed by atoms with E-state index >= 15 is 0 Å². The zero-order chi connectivity index (χ0) is 13.5. The molecule has 0 amide bonds. The Hall–Kier alpha value is -2.00. The molecule has 1 aromatic rings. The summed E-state index contributed by atoms with van der Waals surface area (Å²) in [6, 6.07) is 7.50. The van der Waals surface area contributed by atoms with E-state index in [2.05, 4.69) is 15.2 Å². The molecule has 5 nitrogen and oxygen atoms in total. The van der Waals surface area contributed by atoms with E-state index in [1.54, 1.807) is 7.11 Å². The molecule has 0 atom stereocenters. The van der Waals surface area contributed by atoms with Gasteiger partial charge in [-0.2, -0.15) is 0 Å². The summed E-state index contributed by atoms with van der Waals surface area (Å²) in [6.07, 6.45) is 6.15. The van der Waals surface area contributed by atoms with E-state index in [0.29, 0.717) is 11.6 Å². The highest BCUT2D eigenvalue weighted by molar-refractivity contribution is 6.02. The van der Waals surface area contributed by atoms with Crippen molar-refractivity contribution in [3.8, 4) is 0 Å². The molecule has 0 heterocycles. The second-order valence-electron chi connectivity index (χ2n) is 4.73. The van der Waals surface area contributed by atoms with Crippen molar-refractivity contribution in [2.45, 2.75) is 32.1 Å². The van der Waals surface area contributed by atoms with Gasteiger partial charge in [0, 0.05) is 16.5 Å². The van der Waals surface area contributed by atoms with Crippen LogP contribution in [0.1, 0.15) is 37.7 Å². The maximum Gasteiger partial charge on any atom is 0.106 e. The molecule has 0 N–H and O–H groups in total. The van der Waals surface area contributed by atoms with Gasteiger partial charge in [0.25, 0.3) is 0 Å². The molecular formula is C14H18N4O.